The summed E-state index contributed by atoms with van der Waals surface area (Å²) in [6, 6.07) is 2.69. The Morgan fingerprint density at radius 3 is 2.67 bits per heavy atom. The van der Waals surface area contributed by atoms with E-state index in [4.69, 9.17) is 0 Å². The summed E-state index contributed by atoms with van der Waals surface area (Å²) < 4.78 is 0. The molecule has 18 heavy (non-hydrogen) atoms. The molecule has 1 atom stereocenters. The van der Waals surface area contributed by atoms with Crippen molar-refractivity contribution in [3.05, 3.63) is 38.0 Å². The van der Waals surface area contributed by atoms with Crippen molar-refractivity contribution in [3.63, 3.8) is 0 Å². The summed E-state index contributed by atoms with van der Waals surface area (Å²) in [5, 5.41) is 9.25. The van der Waals surface area contributed by atoms with Crippen molar-refractivity contribution in [2.45, 2.75) is 39.7 Å². The maximum Gasteiger partial charge on any atom is 0.0947 e. The van der Waals surface area contributed by atoms with Gasteiger partial charge in [-0.3, -0.25) is 0 Å². The molecule has 2 aromatic heterocycles. The number of thiazole rings is 1. The largest absolute Gasteiger partial charge is 0.310 e. The Hall–Kier alpha value is -0.710. The third-order valence-electron chi connectivity index (χ3n) is 2.84. The lowest BCUT2D eigenvalue weighted by Gasteiger charge is -2.16. The fraction of sp³-hybridized carbons (Fsp3) is 0.500. The number of aromatic nitrogens is 1. The Kier molecular flexibility index (Phi) is 4.92. The Balaban J connectivity index is 2.09. The molecule has 0 bridgehead atoms. The number of nitrogens with zero attached hydrogens (tertiary/aromatic N) is 1. The van der Waals surface area contributed by atoms with Gasteiger partial charge in [0.05, 0.1) is 5.01 Å². The van der Waals surface area contributed by atoms with Crippen molar-refractivity contribution in [2.24, 2.45) is 0 Å². The lowest BCUT2D eigenvalue weighted by atomic mass is 10.1. The molecule has 2 rings (SSSR count). The minimum Gasteiger partial charge on any atom is -0.310 e. The molecule has 4 heteroatoms. The van der Waals surface area contributed by atoms with E-state index in [2.05, 4.69) is 47.9 Å². The third kappa shape index (κ3) is 3.64. The van der Waals surface area contributed by atoms with E-state index in [1.54, 1.807) is 11.3 Å². The monoisotopic (exact) mass is 280 g/mol. The predicted molar refractivity (Wildman–Crippen MR) is 80.6 cm³/mol. The molecule has 2 heterocycles. The first-order valence-electron chi connectivity index (χ1n) is 6.38. The second-order valence-electron chi connectivity index (χ2n) is 4.58. The Bertz CT molecular complexity index is 487. The van der Waals surface area contributed by atoms with E-state index in [-0.39, 0.29) is 0 Å². The summed E-state index contributed by atoms with van der Waals surface area (Å²) in [6.07, 6.45) is 2.16. The van der Waals surface area contributed by atoms with Gasteiger partial charge in [0.1, 0.15) is 0 Å². The summed E-state index contributed by atoms with van der Waals surface area (Å²) >= 11 is 3.59. The number of rotatable bonds is 6. The molecule has 0 radical (unpaired) electrons. The topological polar surface area (TPSA) is 24.9 Å². The van der Waals surface area contributed by atoms with Crippen LogP contribution in [-0.4, -0.2) is 11.5 Å². The normalized spacial score (nSPS) is 12.8. The van der Waals surface area contributed by atoms with E-state index < -0.39 is 0 Å². The number of thiophene rings is 1. The molecule has 98 valence electrons. The Morgan fingerprint density at radius 2 is 2.11 bits per heavy atom. The van der Waals surface area contributed by atoms with Crippen LogP contribution < -0.4 is 5.32 Å². The van der Waals surface area contributed by atoms with Gasteiger partial charge in [-0.2, -0.15) is 0 Å². The second-order valence-corrected chi connectivity index (χ2v) is 6.64. The van der Waals surface area contributed by atoms with Crippen molar-refractivity contribution in [1.29, 1.82) is 0 Å². The number of aryl methyl sites for hydroxylation is 2. The summed E-state index contributed by atoms with van der Waals surface area (Å²) in [6.45, 7) is 7.49. The van der Waals surface area contributed by atoms with E-state index in [9.17, 15) is 0 Å². The SMILES string of the molecule is CCCNC(Cc1nc(C)cs1)c1csc(C)c1. The molecular formula is C14H20N2S2. The van der Waals surface area contributed by atoms with Crippen LogP contribution in [0.1, 0.15) is 40.5 Å². The van der Waals surface area contributed by atoms with Gasteiger partial charge in [-0.05, 0) is 43.8 Å². The van der Waals surface area contributed by atoms with Crippen LogP contribution in [0.15, 0.2) is 16.8 Å². The molecule has 0 fully saturated rings. The van der Waals surface area contributed by atoms with E-state index in [0.717, 1.165) is 25.1 Å². The molecule has 1 N–H and O–H groups in total. The molecule has 0 aromatic carbocycles. The van der Waals surface area contributed by atoms with E-state index in [1.165, 1.54) is 15.4 Å². The molecule has 2 nitrogen and oxygen atoms in total. The van der Waals surface area contributed by atoms with Crippen LogP contribution in [0.5, 0.6) is 0 Å². The minimum atomic E-state index is 0.403. The average molecular weight is 280 g/mol. The van der Waals surface area contributed by atoms with Gasteiger partial charge >= 0.3 is 0 Å². The van der Waals surface area contributed by atoms with Crippen LogP contribution in [0, 0.1) is 13.8 Å². The minimum absolute atomic E-state index is 0.403. The molecule has 0 aliphatic carbocycles. The summed E-state index contributed by atoms with van der Waals surface area (Å²) in [7, 11) is 0. The highest BCUT2D eigenvalue weighted by Crippen LogP contribution is 2.24. The van der Waals surface area contributed by atoms with Crippen molar-refractivity contribution >= 4 is 22.7 Å². The van der Waals surface area contributed by atoms with Crippen molar-refractivity contribution in [3.8, 4) is 0 Å². The maximum absolute atomic E-state index is 4.57. The van der Waals surface area contributed by atoms with Gasteiger partial charge in [-0.1, -0.05) is 6.92 Å². The fourth-order valence-corrected chi connectivity index (χ4v) is 3.52. The third-order valence-corrected chi connectivity index (χ3v) is 4.71. The summed E-state index contributed by atoms with van der Waals surface area (Å²) in [4.78, 5) is 5.95. The average Bonchev–Trinajstić information content (AvgIpc) is 2.93. The molecule has 2 aromatic rings. The van der Waals surface area contributed by atoms with Gasteiger partial charge in [0.2, 0.25) is 0 Å². The molecule has 0 saturated heterocycles. The van der Waals surface area contributed by atoms with Crippen LogP contribution in [0.2, 0.25) is 0 Å². The quantitative estimate of drug-likeness (QED) is 0.861. The van der Waals surface area contributed by atoms with E-state index in [0.29, 0.717) is 6.04 Å². The van der Waals surface area contributed by atoms with Crippen molar-refractivity contribution in [2.75, 3.05) is 6.54 Å². The second kappa shape index (κ2) is 6.45. The highest BCUT2D eigenvalue weighted by atomic mass is 32.1. The lowest BCUT2D eigenvalue weighted by Crippen LogP contribution is -2.23. The molecular weight excluding hydrogens is 260 g/mol. The first kappa shape index (κ1) is 13.7. The fourth-order valence-electron chi connectivity index (χ4n) is 1.94. The van der Waals surface area contributed by atoms with Gasteiger partial charge in [0, 0.05) is 28.4 Å². The zero-order valence-electron chi connectivity index (χ0n) is 11.2. The van der Waals surface area contributed by atoms with Crippen molar-refractivity contribution in [1.82, 2.24) is 10.3 Å². The Morgan fingerprint density at radius 1 is 1.28 bits per heavy atom. The highest BCUT2D eigenvalue weighted by molar-refractivity contribution is 7.10. The van der Waals surface area contributed by atoms with Crippen LogP contribution in [-0.2, 0) is 6.42 Å². The van der Waals surface area contributed by atoms with Crippen LogP contribution >= 0.6 is 22.7 Å². The van der Waals surface area contributed by atoms with Gasteiger partial charge in [-0.15, -0.1) is 22.7 Å². The maximum atomic E-state index is 4.57. The number of hydrogen-bond acceptors (Lipinski definition) is 4. The standard InChI is InChI=1S/C14H20N2S2/c1-4-5-15-13(12-6-11(3)17-9-12)7-14-16-10(2)8-18-14/h6,8-9,13,15H,4-5,7H2,1-3H3. The molecule has 0 aliphatic heterocycles. The Labute approximate surface area is 117 Å². The summed E-state index contributed by atoms with van der Waals surface area (Å²) in [5.74, 6) is 0. The summed E-state index contributed by atoms with van der Waals surface area (Å²) in [5.41, 5.74) is 2.53. The van der Waals surface area contributed by atoms with E-state index in [1.807, 2.05) is 11.3 Å². The smallest absolute Gasteiger partial charge is 0.0947 e. The molecule has 0 saturated carbocycles. The number of hydrogen-bond donors (Lipinski definition) is 1. The van der Waals surface area contributed by atoms with Gasteiger partial charge < -0.3 is 5.32 Å². The van der Waals surface area contributed by atoms with Crippen LogP contribution in [0.25, 0.3) is 0 Å². The van der Waals surface area contributed by atoms with Crippen LogP contribution in [0.4, 0.5) is 0 Å². The number of nitrogens with one attached hydrogen (secondary N) is 1. The van der Waals surface area contributed by atoms with Gasteiger partial charge in [0.15, 0.2) is 0 Å². The predicted octanol–water partition coefficient (Wildman–Crippen LogP) is 4.10. The van der Waals surface area contributed by atoms with Gasteiger partial charge in [0.25, 0.3) is 0 Å². The molecule has 0 aliphatic rings. The lowest BCUT2D eigenvalue weighted by molar-refractivity contribution is 0.529. The van der Waals surface area contributed by atoms with Crippen LogP contribution in [0.3, 0.4) is 0 Å². The zero-order valence-corrected chi connectivity index (χ0v) is 12.8. The highest BCUT2D eigenvalue weighted by Gasteiger charge is 2.14. The molecule has 1 unspecified atom stereocenters. The molecule has 0 amide bonds. The first-order chi connectivity index (χ1) is 8.69. The van der Waals surface area contributed by atoms with Crippen molar-refractivity contribution < 1.29 is 0 Å². The first-order valence-corrected chi connectivity index (χ1v) is 8.14. The van der Waals surface area contributed by atoms with Gasteiger partial charge in [-0.25, -0.2) is 4.98 Å². The zero-order chi connectivity index (χ0) is 13.0. The van der Waals surface area contributed by atoms with E-state index >= 15 is 0 Å². The molecule has 0 spiro atoms.